The molecule has 80 valence electrons. The lowest BCUT2D eigenvalue weighted by Crippen LogP contribution is -2.19. The highest BCUT2D eigenvalue weighted by molar-refractivity contribution is 5.19. The molecular weight excluding hydrogens is 174 g/mol. The van der Waals surface area contributed by atoms with Crippen LogP contribution in [0.15, 0.2) is 18.5 Å². The fraction of sp³-hybridized carbons (Fsp3) is 0.667. The molecule has 2 heteroatoms. The highest BCUT2D eigenvalue weighted by Crippen LogP contribution is 2.20. The molecule has 0 saturated heterocycles. The number of rotatable bonds is 3. The van der Waals surface area contributed by atoms with E-state index in [1.807, 2.05) is 6.07 Å². The van der Waals surface area contributed by atoms with Crippen LogP contribution < -0.4 is 4.74 Å². The Bertz CT molecular complexity index is 283. The Morgan fingerprint density at radius 1 is 1.43 bits per heavy atom. The first-order chi connectivity index (χ1) is 6.43. The number of ether oxygens (including phenoxy) is 1. The van der Waals surface area contributed by atoms with Gasteiger partial charge in [-0.2, -0.15) is 0 Å². The summed E-state index contributed by atoms with van der Waals surface area (Å²) in [6.45, 7) is 10.8. The third-order valence-corrected chi connectivity index (χ3v) is 2.35. The van der Waals surface area contributed by atoms with Gasteiger partial charge in [0.05, 0.1) is 6.10 Å². The summed E-state index contributed by atoms with van der Waals surface area (Å²) in [6, 6.07) is 2.03. The summed E-state index contributed by atoms with van der Waals surface area (Å²) in [5.41, 5.74) is 0.136. The standard InChI is InChI=1S/C12H21NO/c1-6-10(2)14-11-7-8-13(9-11)12(3,4)5/h7-10H,6H2,1-5H3/t10-/m1/s1. The van der Waals surface area contributed by atoms with Gasteiger partial charge in [-0.25, -0.2) is 0 Å². The Morgan fingerprint density at radius 3 is 2.50 bits per heavy atom. The fourth-order valence-electron chi connectivity index (χ4n) is 1.18. The zero-order chi connectivity index (χ0) is 10.8. The molecule has 1 rings (SSSR count). The summed E-state index contributed by atoms with van der Waals surface area (Å²) in [7, 11) is 0. The number of hydrogen-bond acceptors (Lipinski definition) is 1. The van der Waals surface area contributed by atoms with Gasteiger partial charge in [0, 0.05) is 17.9 Å². The Balaban J connectivity index is 2.69. The Morgan fingerprint density at radius 2 is 2.07 bits per heavy atom. The summed E-state index contributed by atoms with van der Waals surface area (Å²) in [5.74, 6) is 0.967. The topological polar surface area (TPSA) is 14.2 Å². The maximum absolute atomic E-state index is 5.72. The molecule has 1 atom stereocenters. The smallest absolute Gasteiger partial charge is 0.137 e. The monoisotopic (exact) mass is 195 g/mol. The van der Waals surface area contributed by atoms with E-state index in [0.717, 1.165) is 12.2 Å². The maximum atomic E-state index is 5.72. The van der Waals surface area contributed by atoms with E-state index in [-0.39, 0.29) is 5.54 Å². The van der Waals surface area contributed by atoms with Crippen molar-refractivity contribution in [3.05, 3.63) is 18.5 Å². The van der Waals surface area contributed by atoms with Gasteiger partial charge in [-0.1, -0.05) is 6.92 Å². The lowest BCUT2D eigenvalue weighted by Gasteiger charge is -2.20. The largest absolute Gasteiger partial charge is 0.489 e. The number of aromatic nitrogens is 1. The average Bonchev–Trinajstić information content (AvgIpc) is 2.51. The second-order valence-electron chi connectivity index (χ2n) is 4.76. The quantitative estimate of drug-likeness (QED) is 0.720. The number of hydrogen-bond donors (Lipinski definition) is 0. The predicted molar refractivity (Wildman–Crippen MR) is 59.8 cm³/mol. The van der Waals surface area contributed by atoms with E-state index in [2.05, 4.69) is 51.6 Å². The molecule has 0 fully saturated rings. The van der Waals surface area contributed by atoms with Crippen molar-refractivity contribution in [3.63, 3.8) is 0 Å². The SMILES string of the molecule is CC[C@@H](C)Oc1ccn(C(C)(C)C)c1. The Hall–Kier alpha value is -0.920. The first-order valence-electron chi connectivity index (χ1n) is 5.28. The summed E-state index contributed by atoms with van der Waals surface area (Å²) in [6.07, 6.45) is 5.47. The Labute approximate surface area is 86.9 Å². The molecule has 2 nitrogen and oxygen atoms in total. The molecule has 0 radical (unpaired) electrons. The van der Waals surface area contributed by atoms with Crippen LogP contribution in [-0.2, 0) is 5.54 Å². The van der Waals surface area contributed by atoms with Crippen LogP contribution in [0.1, 0.15) is 41.0 Å². The molecule has 0 aliphatic carbocycles. The molecule has 0 bridgehead atoms. The van der Waals surface area contributed by atoms with Crippen LogP contribution >= 0.6 is 0 Å². The highest BCUT2D eigenvalue weighted by atomic mass is 16.5. The van der Waals surface area contributed by atoms with E-state index in [1.165, 1.54) is 0 Å². The van der Waals surface area contributed by atoms with Crippen molar-refractivity contribution in [2.75, 3.05) is 0 Å². The molecule has 0 saturated carbocycles. The molecule has 1 heterocycles. The fourth-order valence-corrected chi connectivity index (χ4v) is 1.18. The molecule has 0 unspecified atom stereocenters. The second-order valence-corrected chi connectivity index (χ2v) is 4.76. The van der Waals surface area contributed by atoms with Gasteiger partial charge in [0.1, 0.15) is 5.75 Å². The lowest BCUT2D eigenvalue weighted by molar-refractivity contribution is 0.216. The van der Waals surface area contributed by atoms with Crippen LogP contribution in [0.4, 0.5) is 0 Å². The van der Waals surface area contributed by atoms with E-state index in [9.17, 15) is 0 Å². The van der Waals surface area contributed by atoms with E-state index >= 15 is 0 Å². The van der Waals surface area contributed by atoms with Gasteiger partial charge in [-0.05, 0) is 40.2 Å². The highest BCUT2D eigenvalue weighted by Gasteiger charge is 2.13. The van der Waals surface area contributed by atoms with Crippen molar-refractivity contribution < 1.29 is 4.74 Å². The molecule has 14 heavy (non-hydrogen) atoms. The first kappa shape index (κ1) is 11.2. The van der Waals surface area contributed by atoms with E-state index < -0.39 is 0 Å². The maximum Gasteiger partial charge on any atom is 0.137 e. The molecule has 0 N–H and O–H groups in total. The van der Waals surface area contributed by atoms with Gasteiger partial charge in [0.15, 0.2) is 0 Å². The Kier molecular flexibility index (Phi) is 3.25. The third-order valence-electron chi connectivity index (χ3n) is 2.35. The lowest BCUT2D eigenvalue weighted by atomic mass is 10.1. The van der Waals surface area contributed by atoms with Gasteiger partial charge in [-0.3, -0.25) is 0 Å². The minimum atomic E-state index is 0.136. The van der Waals surface area contributed by atoms with Gasteiger partial charge in [0.25, 0.3) is 0 Å². The first-order valence-corrected chi connectivity index (χ1v) is 5.28. The molecule has 1 aromatic rings. The molecule has 0 aliphatic rings. The molecular formula is C12H21NO. The van der Waals surface area contributed by atoms with Crippen molar-refractivity contribution in [2.45, 2.75) is 52.7 Å². The van der Waals surface area contributed by atoms with Gasteiger partial charge in [0.2, 0.25) is 0 Å². The molecule has 0 amide bonds. The molecule has 0 aromatic carbocycles. The second kappa shape index (κ2) is 4.07. The minimum absolute atomic E-state index is 0.136. The molecule has 1 aromatic heterocycles. The normalized spacial score (nSPS) is 14.1. The van der Waals surface area contributed by atoms with Crippen molar-refractivity contribution in [3.8, 4) is 5.75 Å². The third kappa shape index (κ3) is 2.79. The van der Waals surface area contributed by atoms with Crippen LogP contribution in [0.3, 0.4) is 0 Å². The summed E-state index contributed by atoms with van der Waals surface area (Å²) >= 11 is 0. The molecule has 0 spiro atoms. The van der Waals surface area contributed by atoms with Crippen molar-refractivity contribution in [1.82, 2.24) is 4.57 Å². The van der Waals surface area contributed by atoms with Gasteiger partial charge >= 0.3 is 0 Å². The van der Waals surface area contributed by atoms with Gasteiger partial charge in [-0.15, -0.1) is 0 Å². The van der Waals surface area contributed by atoms with Crippen molar-refractivity contribution in [1.29, 1.82) is 0 Å². The van der Waals surface area contributed by atoms with Gasteiger partial charge < -0.3 is 9.30 Å². The van der Waals surface area contributed by atoms with E-state index in [0.29, 0.717) is 6.10 Å². The van der Waals surface area contributed by atoms with Crippen LogP contribution in [0.5, 0.6) is 5.75 Å². The average molecular weight is 195 g/mol. The van der Waals surface area contributed by atoms with Crippen LogP contribution in [-0.4, -0.2) is 10.7 Å². The van der Waals surface area contributed by atoms with Crippen molar-refractivity contribution >= 4 is 0 Å². The summed E-state index contributed by atoms with van der Waals surface area (Å²) in [4.78, 5) is 0. The zero-order valence-corrected chi connectivity index (χ0v) is 9.87. The van der Waals surface area contributed by atoms with Crippen LogP contribution in [0, 0.1) is 0 Å². The number of nitrogens with zero attached hydrogens (tertiary/aromatic N) is 1. The predicted octanol–water partition coefficient (Wildman–Crippen LogP) is 3.42. The van der Waals surface area contributed by atoms with Crippen molar-refractivity contribution in [2.24, 2.45) is 0 Å². The summed E-state index contributed by atoms with van der Waals surface area (Å²) < 4.78 is 7.89. The summed E-state index contributed by atoms with van der Waals surface area (Å²) in [5, 5.41) is 0. The molecule has 0 aliphatic heterocycles. The zero-order valence-electron chi connectivity index (χ0n) is 9.87. The van der Waals surface area contributed by atoms with E-state index in [1.54, 1.807) is 0 Å². The van der Waals surface area contributed by atoms with E-state index in [4.69, 9.17) is 4.74 Å². The van der Waals surface area contributed by atoms with Crippen LogP contribution in [0.25, 0.3) is 0 Å². The minimum Gasteiger partial charge on any atom is -0.489 e. The van der Waals surface area contributed by atoms with Crippen LogP contribution in [0.2, 0.25) is 0 Å².